The Hall–Kier alpha value is -1.06. The number of phenolic OH excluding ortho intramolecular Hbond substituents is 1. The molecular formula is C16H25NO2. The van der Waals surface area contributed by atoms with Gasteiger partial charge in [-0.1, -0.05) is 12.1 Å². The molecule has 1 atom stereocenters. The van der Waals surface area contributed by atoms with Crippen LogP contribution in [0.4, 0.5) is 0 Å². The molecule has 1 aliphatic heterocycles. The predicted molar refractivity (Wildman–Crippen MR) is 77.4 cm³/mol. The predicted octanol–water partition coefficient (Wildman–Crippen LogP) is 2.73. The van der Waals surface area contributed by atoms with E-state index in [2.05, 4.69) is 32.2 Å². The van der Waals surface area contributed by atoms with Gasteiger partial charge in [0.05, 0.1) is 6.61 Å². The molecule has 0 spiro atoms. The second kappa shape index (κ2) is 5.51. The summed E-state index contributed by atoms with van der Waals surface area (Å²) in [6.45, 7) is 9.14. The summed E-state index contributed by atoms with van der Waals surface area (Å²) >= 11 is 0. The molecule has 1 aliphatic rings. The fourth-order valence-electron chi connectivity index (χ4n) is 2.54. The lowest BCUT2D eigenvalue weighted by Crippen LogP contribution is -2.45. The van der Waals surface area contributed by atoms with Gasteiger partial charge < -0.3 is 15.2 Å². The minimum absolute atomic E-state index is 0.119. The molecule has 2 N–H and O–H groups in total. The van der Waals surface area contributed by atoms with E-state index in [1.54, 1.807) is 6.07 Å². The summed E-state index contributed by atoms with van der Waals surface area (Å²) in [6.07, 6.45) is 2.02. The van der Waals surface area contributed by atoms with Crippen LogP contribution < -0.4 is 5.32 Å². The van der Waals surface area contributed by atoms with E-state index in [-0.39, 0.29) is 11.0 Å². The monoisotopic (exact) mass is 263 g/mol. The summed E-state index contributed by atoms with van der Waals surface area (Å²) in [4.78, 5) is 0. The summed E-state index contributed by atoms with van der Waals surface area (Å²) in [5.41, 5.74) is 1.45. The lowest BCUT2D eigenvalue weighted by molar-refractivity contribution is 0.144. The molecule has 1 saturated heterocycles. The van der Waals surface area contributed by atoms with Crippen molar-refractivity contribution in [2.24, 2.45) is 5.41 Å². The quantitative estimate of drug-likeness (QED) is 0.877. The first-order chi connectivity index (χ1) is 8.89. The van der Waals surface area contributed by atoms with Gasteiger partial charge in [-0.05, 0) is 51.3 Å². The summed E-state index contributed by atoms with van der Waals surface area (Å²) < 4.78 is 5.63. The van der Waals surface area contributed by atoms with E-state index < -0.39 is 0 Å². The molecule has 1 heterocycles. The van der Waals surface area contributed by atoms with E-state index >= 15 is 0 Å². The summed E-state index contributed by atoms with van der Waals surface area (Å²) in [7, 11) is 0. The summed E-state index contributed by atoms with van der Waals surface area (Å²) in [6, 6.07) is 7.56. The van der Waals surface area contributed by atoms with Crippen LogP contribution in [-0.4, -0.2) is 30.4 Å². The first-order valence-electron chi connectivity index (χ1n) is 6.99. The van der Waals surface area contributed by atoms with E-state index in [4.69, 9.17) is 4.74 Å². The van der Waals surface area contributed by atoms with Crippen molar-refractivity contribution in [2.75, 3.05) is 19.8 Å². The molecule has 3 heteroatoms. The SMILES string of the molecule is CC(C)(C)NCC1(Cc2cccc(O)c2)CCOC1. The molecule has 0 amide bonds. The van der Waals surface area contributed by atoms with Crippen LogP contribution in [0.5, 0.6) is 5.75 Å². The molecule has 3 nitrogen and oxygen atoms in total. The highest BCUT2D eigenvalue weighted by molar-refractivity contribution is 5.28. The Kier molecular flexibility index (Phi) is 4.16. The minimum atomic E-state index is 0.119. The van der Waals surface area contributed by atoms with Crippen LogP contribution in [0.1, 0.15) is 32.8 Å². The maximum Gasteiger partial charge on any atom is 0.115 e. The Morgan fingerprint density at radius 2 is 2.16 bits per heavy atom. The average Bonchev–Trinajstić information content (AvgIpc) is 2.75. The van der Waals surface area contributed by atoms with Gasteiger partial charge in [0.1, 0.15) is 5.75 Å². The van der Waals surface area contributed by atoms with Crippen molar-refractivity contribution in [3.8, 4) is 5.75 Å². The Morgan fingerprint density at radius 3 is 2.74 bits per heavy atom. The molecule has 0 radical (unpaired) electrons. The van der Waals surface area contributed by atoms with Crippen LogP contribution in [0.2, 0.25) is 0 Å². The van der Waals surface area contributed by atoms with E-state index in [1.807, 2.05) is 12.1 Å². The van der Waals surface area contributed by atoms with Crippen LogP contribution in [0.3, 0.4) is 0 Å². The van der Waals surface area contributed by atoms with Crippen LogP contribution in [0, 0.1) is 5.41 Å². The lowest BCUT2D eigenvalue weighted by Gasteiger charge is -2.32. The maximum absolute atomic E-state index is 9.58. The first-order valence-corrected chi connectivity index (χ1v) is 6.99. The van der Waals surface area contributed by atoms with Crippen molar-refractivity contribution < 1.29 is 9.84 Å². The van der Waals surface area contributed by atoms with Crippen molar-refractivity contribution >= 4 is 0 Å². The van der Waals surface area contributed by atoms with Gasteiger partial charge in [-0.25, -0.2) is 0 Å². The third-order valence-electron chi connectivity index (χ3n) is 3.67. The van der Waals surface area contributed by atoms with E-state index in [1.165, 1.54) is 5.56 Å². The van der Waals surface area contributed by atoms with Gasteiger partial charge in [0.2, 0.25) is 0 Å². The van der Waals surface area contributed by atoms with Crippen molar-refractivity contribution in [3.05, 3.63) is 29.8 Å². The zero-order valence-corrected chi connectivity index (χ0v) is 12.2. The molecule has 0 aliphatic carbocycles. The Bertz CT molecular complexity index is 417. The smallest absolute Gasteiger partial charge is 0.115 e. The molecule has 19 heavy (non-hydrogen) atoms. The highest BCUT2D eigenvalue weighted by Gasteiger charge is 2.35. The van der Waals surface area contributed by atoms with Gasteiger partial charge in [-0.15, -0.1) is 0 Å². The second-order valence-electron chi connectivity index (χ2n) is 6.75. The van der Waals surface area contributed by atoms with Crippen LogP contribution in [0.25, 0.3) is 0 Å². The molecule has 1 aromatic carbocycles. The molecule has 0 aromatic heterocycles. The molecule has 2 rings (SSSR count). The standard InChI is InChI=1S/C16H25NO2/c1-15(2,3)17-11-16(7-8-19-12-16)10-13-5-4-6-14(18)9-13/h4-6,9,17-18H,7-8,10-12H2,1-3H3. The van der Waals surface area contributed by atoms with Gasteiger partial charge in [0.15, 0.2) is 0 Å². The minimum Gasteiger partial charge on any atom is -0.508 e. The molecule has 1 unspecified atom stereocenters. The number of hydrogen-bond acceptors (Lipinski definition) is 3. The van der Waals surface area contributed by atoms with E-state index in [9.17, 15) is 5.11 Å². The molecule has 1 fully saturated rings. The maximum atomic E-state index is 9.58. The van der Waals surface area contributed by atoms with E-state index in [0.29, 0.717) is 5.75 Å². The Balaban J connectivity index is 2.07. The van der Waals surface area contributed by atoms with Crippen LogP contribution in [0.15, 0.2) is 24.3 Å². The Labute approximate surface area is 116 Å². The van der Waals surface area contributed by atoms with Gasteiger partial charge in [0.25, 0.3) is 0 Å². The zero-order chi connectivity index (χ0) is 13.9. The highest BCUT2D eigenvalue weighted by atomic mass is 16.5. The summed E-state index contributed by atoms with van der Waals surface area (Å²) in [5.74, 6) is 0.343. The third kappa shape index (κ3) is 4.22. The van der Waals surface area contributed by atoms with Crippen molar-refractivity contribution in [1.82, 2.24) is 5.32 Å². The topological polar surface area (TPSA) is 41.5 Å². The number of nitrogens with one attached hydrogen (secondary N) is 1. The number of phenols is 1. The van der Waals surface area contributed by atoms with Gasteiger partial charge in [-0.2, -0.15) is 0 Å². The van der Waals surface area contributed by atoms with Crippen molar-refractivity contribution in [1.29, 1.82) is 0 Å². The third-order valence-corrected chi connectivity index (χ3v) is 3.67. The molecular weight excluding hydrogens is 238 g/mol. The van der Waals surface area contributed by atoms with Crippen molar-refractivity contribution in [2.45, 2.75) is 39.2 Å². The largest absolute Gasteiger partial charge is 0.508 e. The summed E-state index contributed by atoms with van der Waals surface area (Å²) in [5, 5.41) is 13.2. The molecule has 0 bridgehead atoms. The number of hydrogen-bond donors (Lipinski definition) is 2. The molecule has 1 aromatic rings. The van der Waals surface area contributed by atoms with E-state index in [0.717, 1.165) is 32.6 Å². The Morgan fingerprint density at radius 1 is 1.37 bits per heavy atom. The molecule has 0 saturated carbocycles. The normalized spacial score (nSPS) is 23.7. The zero-order valence-electron chi connectivity index (χ0n) is 12.2. The second-order valence-corrected chi connectivity index (χ2v) is 6.75. The lowest BCUT2D eigenvalue weighted by atomic mass is 9.80. The average molecular weight is 263 g/mol. The number of rotatable bonds is 4. The van der Waals surface area contributed by atoms with Gasteiger partial charge in [0, 0.05) is 24.1 Å². The van der Waals surface area contributed by atoms with Gasteiger partial charge in [-0.3, -0.25) is 0 Å². The molecule has 106 valence electrons. The fourth-order valence-corrected chi connectivity index (χ4v) is 2.54. The van der Waals surface area contributed by atoms with Crippen LogP contribution in [-0.2, 0) is 11.2 Å². The fraction of sp³-hybridized carbons (Fsp3) is 0.625. The highest BCUT2D eigenvalue weighted by Crippen LogP contribution is 2.33. The first kappa shape index (κ1) is 14.4. The van der Waals surface area contributed by atoms with Crippen molar-refractivity contribution in [3.63, 3.8) is 0 Å². The number of benzene rings is 1. The van der Waals surface area contributed by atoms with Gasteiger partial charge >= 0.3 is 0 Å². The van der Waals surface area contributed by atoms with Crippen LogP contribution >= 0.6 is 0 Å². The number of ether oxygens (including phenoxy) is 1. The number of aromatic hydroxyl groups is 1.